The van der Waals surface area contributed by atoms with Crippen LogP contribution in [0.2, 0.25) is 5.02 Å². The molecule has 1 N–H and O–H groups in total. The molecule has 2 rings (SSSR count). The molecule has 0 spiro atoms. The zero-order valence-electron chi connectivity index (χ0n) is 13.4. The number of unbranched alkanes of at least 4 members (excludes halogenated alkanes) is 2. The van der Waals surface area contributed by atoms with E-state index in [1.165, 1.54) is 5.56 Å². The molecule has 0 saturated heterocycles. The average Bonchev–Trinajstić information content (AvgIpc) is 2.59. The van der Waals surface area contributed by atoms with Crippen molar-refractivity contribution in [3.63, 3.8) is 0 Å². The second kappa shape index (κ2) is 9.60. The molecule has 0 saturated carbocycles. The number of carboxylic acid groups (broad SMARTS) is 1. The lowest BCUT2D eigenvalue weighted by atomic mass is 10.1. The van der Waals surface area contributed by atoms with Gasteiger partial charge < -0.3 is 5.11 Å². The van der Waals surface area contributed by atoms with Crippen LogP contribution in [0.5, 0.6) is 0 Å². The number of rotatable bonds is 9. The maximum Gasteiger partial charge on any atom is 0.319 e. The van der Waals surface area contributed by atoms with E-state index >= 15 is 0 Å². The topological polar surface area (TPSA) is 54.4 Å². The van der Waals surface area contributed by atoms with Crippen molar-refractivity contribution in [1.29, 1.82) is 0 Å². The van der Waals surface area contributed by atoms with Crippen molar-refractivity contribution in [1.82, 2.24) is 0 Å². The number of hydrogen-bond donors (Lipinski definition) is 1. The van der Waals surface area contributed by atoms with Crippen molar-refractivity contribution in [2.75, 3.05) is 0 Å². The monoisotopic (exact) mass is 364 g/mol. The van der Waals surface area contributed by atoms with Gasteiger partial charge in [-0.2, -0.15) is 0 Å². The SMILES string of the molecule is O=C(O)C(CCCCCc1ccccc1)S(=O)c1ccc(Cl)cc1. The molecule has 2 aromatic carbocycles. The third kappa shape index (κ3) is 5.77. The molecule has 128 valence electrons. The maximum absolute atomic E-state index is 12.5. The molecule has 0 aliphatic carbocycles. The highest BCUT2D eigenvalue weighted by atomic mass is 35.5. The summed E-state index contributed by atoms with van der Waals surface area (Å²) in [5, 5.41) is 9.05. The van der Waals surface area contributed by atoms with Crippen LogP contribution in [-0.2, 0) is 22.0 Å². The third-order valence-electron chi connectivity index (χ3n) is 3.85. The van der Waals surface area contributed by atoms with Crippen molar-refractivity contribution in [2.24, 2.45) is 0 Å². The number of halogens is 1. The van der Waals surface area contributed by atoms with Crippen LogP contribution in [0.25, 0.3) is 0 Å². The van der Waals surface area contributed by atoms with E-state index in [0.29, 0.717) is 16.3 Å². The van der Waals surface area contributed by atoms with E-state index in [9.17, 15) is 14.1 Å². The van der Waals surface area contributed by atoms with Gasteiger partial charge in [-0.15, -0.1) is 0 Å². The van der Waals surface area contributed by atoms with Crippen LogP contribution in [-0.4, -0.2) is 20.5 Å². The van der Waals surface area contributed by atoms with Crippen LogP contribution < -0.4 is 0 Å². The van der Waals surface area contributed by atoms with Gasteiger partial charge in [0.1, 0.15) is 5.25 Å². The lowest BCUT2D eigenvalue weighted by molar-refractivity contribution is -0.136. The number of benzene rings is 2. The second-order valence-corrected chi connectivity index (χ2v) is 7.73. The van der Waals surface area contributed by atoms with E-state index in [0.717, 1.165) is 25.7 Å². The highest BCUT2D eigenvalue weighted by Gasteiger charge is 2.25. The Morgan fingerprint density at radius 1 is 1.00 bits per heavy atom. The molecule has 5 heteroatoms. The standard InChI is InChI=1S/C19H21ClO3S/c20-16-11-13-17(14-12-16)24(23)18(19(21)22)10-6-2-5-9-15-7-3-1-4-8-15/h1,3-4,7-8,11-14,18H,2,5-6,9-10H2,(H,21,22). The smallest absolute Gasteiger partial charge is 0.319 e. The molecule has 0 bridgehead atoms. The fourth-order valence-corrected chi connectivity index (χ4v) is 3.96. The normalized spacial score (nSPS) is 13.4. The Bertz CT molecular complexity index is 671. The van der Waals surface area contributed by atoms with E-state index in [-0.39, 0.29) is 0 Å². The van der Waals surface area contributed by atoms with Gasteiger partial charge in [0.2, 0.25) is 0 Å². The van der Waals surface area contributed by atoms with Gasteiger partial charge in [0.05, 0.1) is 10.8 Å². The lowest BCUT2D eigenvalue weighted by Crippen LogP contribution is -2.25. The Labute approximate surface area is 150 Å². The summed E-state index contributed by atoms with van der Waals surface area (Å²) >= 11 is 5.81. The summed E-state index contributed by atoms with van der Waals surface area (Å²) in [6.07, 6.45) is 4.09. The Kier molecular flexibility index (Phi) is 7.47. The molecular weight excluding hydrogens is 344 g/mol. The largest absolute Gasteiger partial charge is 0.480 e. The van der Waals surface area contributed by atoms with E-state index in [1.54, 1.807) is 24.3 Å². The molecule has 0 aliphatic heterocycles. The fourth-order valence-electron chi connectivity index (χ4n) is 2.54. The number of carboxylic acids is 1. The average molecular weight is 365 g/mol. The Balaban J connectivity index is 1.82. The first kappa shape index (κ1) is 18.7. The molecule has 0 fully saturated rings. The van der Waals surface area contributed by atoms with Gasteiger partial charge in [0, 0.05) is 9.92 Å². The Morgan fingerprint density at radius 3 is 2.29 bits per heavy atom. The number of aryl methyl sites for hydroxylation is 1. The molecule has 24 heavy (non-hydrogen) atoms. The summed E-state index contributed by atoms with van der Waals surface area (Å²) < 4.78 is 12.5. The van der Waals surface area contributed by atoms with Crippen LogP contribution in [0.4, 0.5) is 0 Å². The van der Waals surface area contributed by atoms with Crippen molar-refractivity contribution >= 4 is 28.4 Å². The first-order valence-corrected chi connectivity index (χ1v) is 9.60. The molecule has 0 amide bonds. The predicted molar refractivity (Wildman–Crippen MR) is 97.9 cm³/mol. The first-order valence-electron chi connectivity index (χ1n) is 8.01. The highest BCUT2D eigenvalue weighted by Crippen LogP contribution is 2.19. The molecule has 2 aromatic rings. The minimum atomic E-state index is -1.56. The predicted octanol–water partition coefficient (Wildman–Crippen LogP) is 4.70. The summed E-state index contributed by atoms with van der Waals surface area (Å²) in [6, 6.07) is 16.7. The third-order valence-corrected chi connectivity index (χ3v) is 5.80. The Morgan fingerprint density at radius 2 is 1.67 bits per heavy atom. The van der Waals surface area contributed by atoms with Gasteiger partial charge in [-0.05, 0) is 49.1 Å². The minimum absolute atomic E-state index is 0.416. The summed E-state index contributed by atoms with van der Waals surface area (Å²) in [5.74, 6) is -1.01. The number of aliphatic carboxylic acids is 1. The zero-order chi connectivity index (χ0) is 17.4. The first-order chi connectivity index (χ1) is 11.6. The van der Waals surface area contributed by atoms with Crippen LogP contribution in [0.1, 0.15) is 31.2 Å². The van der Waals surface area contributed by atoms with Crippen molar-refractivity contribution in [2.45, 2.75) is 42.2 Å². The molecule has 0 aliphatic rings. The van der Waals surface area contributed by atoms with E-state index < -0.39 is 22.0 Å². The molecule has 0 aromatic heterocycles. The zero-order valence-corrected chi connectivity index (χ0v) is 14.9. The molecule has 0 heterocycles. The van der Waals surface area contributed by atoms with Crippen LogP contribution in [0, 0.1) is 0 Å². The second-order valence-electron chi connectivity index (χ2n) is 5.66. The molecule has 2 unspecified atom stereocenters. The van der Waals surface area contributed by atoms with Crippen molar-refractivity contribution < 1.29 is 14.1 Å². The quantitative estimate of drug-likeness (QED) is 0.656. The van der Waals surface area contributed by atoms with Gasteiger partial charge in [-0.3, -0.25) is 9.00 Å². The van der Waals surface area contributed by atoms with Gasteiger partial charge in [-0.1, -0.05) is 54.8 Å². The van der Waals surface area contributed by atoms with Crippen LogP contribution in [0.15, 0.2) is 59.5 Å². The van der Waals surface area contributed by atoms with Gasteiger partial charge in [0.15, 0.2) is 0 Å². The summed E-state index contributed by atoms with van der Waals surface area (Å²) in [7, 11) is -1.56. The van der Waals surface area contributed by atoms with Gasteiger partial charge in [0.25, 0.3) is 0 Å². The summed E-state index contributed by atoms with van der Waals surface area (Å²) in [6.45, 7) is 0. The van der Waals surface area contributed by atoms with Crippen LogP contribution >= 0.6 is 11.6 Å². The fraction of sp³-hybridized carbons (Fsp3) is 0.316. The van der Waals surface area contributed by atoms with Crippen molar-refractivity contribution in [3.8, 4) is 0 Å². The maximum atomic E-state index is 12.5. The van der Waals surface area contributed by atoms with E-state index in [4.69, 9.17) is 11.6 Å². The molecule has 2 atom stereocenters. The highest BCUT2D eigenvalue weighted by molar-refractivity contribution is 7.86. The minimum Gasteiger partial charge on any atom is -0.480 e. The van der Waals surface area contributed by atoms with Crippen molar-refractivity contribution in [3.05, 3.63) is 65.2 Å². The molecule has 3 nitrogen and oxygen atoms in total. The Hall–Kier alpha value is -1.65. The molecular formula is C19H21ClO3S. The van der Waals surface area contributed by atoms with Crippen LogP contribution in [0.3, 0.4) is 0 Å². The summed E-state index contributed by atoms with van der Waals surface area (Å²) in [4.78, 5) is 12.0. The number of hydrogen-bond acceptors (Lipinski definition) is 2. The lowest BCUT2D eigenvalue weighted by Gasteiger charge is -2.12. The molecule has 0 radical (unpaired) electrons. The summed E-state index contributed by atoms with van der Waals surface area (Å²) in [5.41, 5.74) is 1.29. The van der Waals surface area contributed by atoms with Gasteiger partial charge in [-0.25, -0.2) is 0 Å². The van der Waals surface area contributed by atoms with Gasteiger partial charge >= 0.3 is 5.97 Å². The number of carbonyl (C=O) groups is 1. The van der Waals surface area contributed by atoms with E-state index in [2.05, 4.69) is 12.1 Å². The van der Waals surface area contributed by atoms with E-state index in [1.807, 2.05) is 18.2 Å².